The summed E-state index contributed by atoms with van der Waals surface area (Å²) < 4.78 is 0. The lowest BCUT2D eigenvalue weighted by molar-refractivity contribution is -0.00572. The van der Waals surface area contributed by atoms with Crippen LogP contribution < -0.4 is 5.73 Å². The number of allylic oxidation sites excluding steroid dienone is 2. The van der Waals surface area contributed by atoms with Crippen molar-refractivity contribution in [2.75, 3.05) is 0 Å². The van der Waals surface area contributed by atoms with Crippen LogP contribution in [0.3, 0.4) is 0 Å². The van der Waals surface area contributed by atoms with Gasteiger partial charge in [0.25, 0.3) is 0 Å². The van der Waals surface area contributed by atoms with Gasteiger partial charge < -0.3 is 11.3 Å². The largest absolute Gasteiger partial charge is 0.361 e. The molecule has 0 radical (unpaired) electrons. The highest BCUT2D eigenvalue weighted by atomic mass is 35.5. The molecule has 1 aliphatic carbocycles. The van der Waals surface area contributed by atoms with E-state index in [4.69, 9.17) is 22.9 Å². The van der Waals surface area contributed by atoms with E-state index < -0.39 is 0 Å². The normalized spacial score (nSPS) is 19.2. The number of nitrogens with two attached hydrogens (primary N) is 1. The van der Waals surface area contributed by atoms with Crippen LogP contribution >= 0.6 is 11.6 Å². The third-order valence-electron chi connectivity index (χ3n) is 2.44. The molecule has 0 aliphatic heterocycles. The molecule has 0 amide bonds. The summed E-state index contributed by atoms with van der Waals surface area (Å²) in [5.74, 6) is 0. The summed E-state index contributed by atoms with van der Waals surface area (Å²) in [4.78, 5) is 3.25. The Morgan fingerprint density at radius 2 is 1.94 bits per heavy atom. The third-order valence-corrected chi connectivity index (χ3v) is 2.69. The predicted octanol–water partition coefficient (Wildman–Crippen LogP) is 2.29. The van der Waals surface area contributed by atoms with Gasteiger partial charge in [-0.3, -0.25) is 0 Å². The topological polar surface area (TPSA) is 62.4 Å². The molecule has 3 nitrogen and oxygen atoms in total. The van der Waals surface area contributed by atoms with E-state index >= 15 is 0 Å². The number of nitrogens with zero attached hydrogens (tertiary/aromatic N) is 2. The molecular weight excluding hydrogens is 222 g/mol. The molecule has 0 saturated heterocycles. The molecule has 0 saturated carbocycles. The van der Waals surface area contributed by atoms with Crippen LogP contribution in [-0.4, -0.2) is 16.5 Å². The second-order valence-corrected chi connectivity index (χ2v) is 3.92. The van der Waals surface area contributed by atoms with Gasteiger partial charge in [0, 0.05) is 5.02 Å². The fourth-order valence-electron chi connectivity index (χ4n) is 1.62. The smallest absolute Gasteiger partial charge is 0.320 e. The van der Waals surface area contributed by atoms with Crippen LogP contribution in [0.1, 0.15) is 5.56 Å². The molecular formula is C12H10ClN3. The van der Waals surface area contributed by atoms with Crippen LogP contribution in [0.4, 0.5) is 0 Å². The Hall–Kier alpha value is -1.67. The first kappa shape index (κ1) is 10.8. The lowest BCUT2D eigenvalue weighted by Gasteiger charge is -2.10. The average Bonchev–Trinajstić information content (AvgIpc) is 2.30. The zero-order chi connectivity index (χ0) is 11.5. The van der Waals surface area contributed by atoms with Crippen LogP contribution in [0.5, 0.6) is 0 Å². The molecule has 80 valence electrons. The van der Waals surface area contributed by atoms with E-state index in [-0.39, 0.29) is 6.04 Å². The van der Waals surface area contributed by atoms with Gasteiger partial charge in [-0.15, -0.1) is 0 Å². The van der Waals surface area contributed by atoms with Gasteiger partial charge in [0.15, 0.2) is 0 Å². The van der Waals surface area contributed by atoms with Crippen molar-refractivity contribution in [2.45, 2.75) is 6.04 Å². The Morgan fingerprint density at radius 1 is 1.25 bits per heavy atom. The van der Waals surface area contributed by atoms with Crippen LogP contribution in [-0.2, 0) is 0 Å². The van der Waals surface area contributed by atoms with Crippen molar-refractivity contribution in [3.05, 3.63) is 58.6 Å². The first-order valence-electron chi connectivity index (χ1n) is 4.84. The van der Waals surface area contributed by atoms with Gasteiger partial charge in [-0.05, 0) is 23.8 Å². The SMILES string of the molecule is [N-]=[N+]=C1C(c2ccc(Cl)cc2)=CC=CC1N. The zero-order valence-corrected chi connectivity index (χ0v) is 9.22. The highest BCUT2D eigenvalue weighted by Crippen LogP contribution is 2.21. The van der Waals surface area contributed by atoms with Crippen LogP contribution in [0.2, 0.25) is 5.02 Å². The summed E-state index contributed by atoms with van der Waals surface area (Å²) in [5.41, 5.74) is 17.0. The Balaban J connectivity index is 2.47. The Bertz CT molecular complexity index is 508. The first-order valence-corrected chi connectivity index (χ1v) is 5.22. The monoisotopic (exact) mass is 231 g/mol. The molecule has 2 N–H and O–H groups in total. The maximum Gasteiger partial charge on any atom is 0.320 e. The van der Waals surface area contributed by atoms with Crippen molar-refractivity contribution in [1.82, 2.24) is 0 Å². The van der Waals surface area contributed by atoms with Crippen LogP contribution in [0, 0.1) is 0 Å². The summed E-state index contributed by atoms with van der Waals surface area (Å²) in [6.45, 7) is 0. The van der Waals surface area contributed by atoms with Crippen molar-refractivity contribution < 1.29 is 4.79 Å². The van der Waals surface area contributed by atoms with Gasteiger partial charge >= 0.3 is 5.71 Å². The van der Waals surface area contributed by atoms with Gasteiger partial charge in [-0.25, -0.2) is 0 Å². The van der Waals surface area contributed by atoms with Crippen molar-refractivity contribution in [3.63, 3.8) is 0 Å². The lowest BCUT2D eigenvalue weighted by atomic mass is 9.93. The standard InChI is InChI=1S/C12H10ClN3/c13-9-6-4-8(5-7-9)10-2-1-3-11(14)12(10)16-15/h1-7,11H,14H2. The Morgan fingerprint density at radius 3 is 2.56 bits per heavy atom. The van der Waals surface area contributed by atoms with Crippen molar-refractivity contribution >= 4 is 22.9 Å². The molecule has 0 aromatic heterocycles. The van der Waals surface area contributed by atoms with Gasteiger partial charge in [0.05, 0.1) is 5.57 Å². The highest BCUT2D eigenvalue weighted by molar-refractivity contribution is 6.31. The molecule has 0 bridgehead atoms. The van der Waals surface area contributed by atoms with Gasteiger partial charge in [-0.1, -0.05) is 35.9 Å². The van der Waals surface area contributed by atoms with E-state index in [9.17, 15) is 0 Å². The minimum atomic E-state index is -0.374. The highest BCUT2D eigenvalue weighted by Gasteiger charge is 2.25. The summed E-state index contributed by atoms with van der Waals surface area (Å²) >= 11 is 5.81. The molecule has 1 unspecified atom stereocenters. The minimum Gasteiger partial charge on any atom is -0.361 e. The van der Waals surface area contributed by atoms with Gasteiger partial charge in [0.2, 0.25) is 0 Å². The molecule has 1 aromatic rings. The van der Waals surface area contributed by atoms with Gasteiger partial charge in [-0.2, -0.15) is 4.79 Å². The zero-order valence-electron chi connectivity index (χ0n) is 8.47. The van der Waals surface area contributed by atoms with Crippen LogP contribution in [0.25, 0.3) is 11.1 Å². The maximum absolute atomic E-state index is 8.95. The predicted molar refractivity (Wildman–Crippen MR) is 65.2 cm³/mol. The van der Waals surface area contributed by atoms with Gasteiger partial charge in [0.1, 0.15) is 6.04 Å². The molecule has 1 aliphatic rings. The number of halogens is 1. The van der Waals surface area contributed by atoms with E-state index in [0.717, 1.165) is 11.1 Å². The minimum absolute atomic E-state index is 0.374. The quantitative estimate of drug-likeness (QED) is 0.585. The second-order valence-electron chi connectivity index (χ2n) is 3.48. The van der Waals surface area contributed by atoms with E-state index in [1.807, 2.05) is 24.3 Å². The number of hydrogen-bond acceptors (Lipinski definition) is 1. The molecule has 1 aromatic carbocycles. The summed E-state index contributed by atoms with van der Waals surface area (Å²) in [5, 5.41) is 0.669. The Kier molecular flexibility index (Phi) is 3.02. The average molecular weight is 232 g/mol. The third kappa shape index (κ3) is 1.97. The Labute approximate surface area is 98.5 Å². The second kappa shape index (κ2) is 4.45. The van der Waals surface area contributed by atoms with E-state index in [2.05, 4.69) is 4.79 Å². The van der Waals surface area contributed by atoms with Crippen LogP contribution in [0.15, 0.2) is 42.5 Å². The van der Waals surface area contributed by atoms with E-state index in [0.29, 0.717) is 10.7 Å². The first-order chi connectivity index (χ1) is 7.72. The number of benzene rings is 1. The number of rotatable bonds is 1. The fraction of sp³-hybridized carbons (Fsp3) is 0.0833. The molecule has 4 heteroatoms. The molecule has 0 spiro atoms. The van der Waals surface area contributed by atoms with E-state index in [1.54, 1.807) is 18.2 Å². The van der Waals surface area contributed by atoms with Crippen molar-refractivity contribution in [2.24, 2.45) is 5.73 Å². The summed E-state index contributed by atoms with van der Waals surface area (Å²) in [6, 6.07) is 6.93. The molecule has 0 heterocycles. The maximum atomic E-state index is 8.95. The lowest BCUT2D eigenvalue weighted by Crippen LogP contribution is -2.31. The molecule has 1 atom stereocenters. The molecule has 2 rings (SSSR count). The fourth-order valence-corrected chi connectivity index (χ4v) is 1.75. The van der Waals surface area contributed by atoms with Crippen molar-refractivity contribution in [1.29, 1.82) is 0 Å². The summed E-state index contributed by atoms with van der Waals surface area (Å²) in [7, 11) is 0. The summed E-state index contributed by atoms with van der Waals surface area (Å²) in [6.07, 6.45) is 5.49. The van der Waals surface area contributed by atoms with Crippen molar-refractivity contribution in [3.8, 4) is 0 Å². The molecule has 16 heavy (non-hydrogen) atoms. The number of hydrogen-bond donors (Lipinski definition) is 1. The van der Waals surface area contributed by atoms with E-state index in [1.165, 1.54) is 0 Å². The molecule has 0 fully saturated rings.